The van der Waals surface area contributed by atoms with Gasteiger partial charge < -0.3 is 15.5 Å². The third-order valence-electron chi connectivity index (χ3n) is 1.37. The summed E-state index contributed by atoms with van der Waals surface area (Å²) in [5.41, 5.74) is -2.08. The van der Waals surface area contributed by atoms with Crippen LogP contribution in [0.15, 0.2) is 26.0 Å². The molecule has 3 N–H and O–H groups in total. The van der Waals surface area contributed by atoms with Crippen molar-refractivity contribution in [2.45, 2.75) is 0 Å². The average molecular weight is 184 g/mol. The molecule has 0 amide bonds. The van der Waals surface area contributed by atoms with Gasteiger partial charge in [0, 0.05) is 6.07 Å². The fourth-order valence-corrected chi connectivity index (χ4v) is 0.793. The van der Waals surface area contributed by atoms with E-state index in [4.69, 9.17) is 15.5 Å². The van der Waals surface area contributed by atoms with Crippen molar-refractivity contribution in [3.8, 4) is 5.75 Å². The number of rotatable bonds is 0. The molecule has 0 aliphatic rings. The molecule has 7 nitrogen and oxygen atoms in total. The zero-order valence-corrected chi connectivity index (χ0v) is 6.13. The number of aromatic hydroxyl groups is 1. The minimum atomic E-state index is -1.13. The zero-order chi connectivity index (χ0) is 10.0. The molecule has 0 fully saturated rings. The van der Waals surface area contributed by atoms with Crippen LogP contribution in [0.25, 0.3) is 0 Å². The molecular weight excluding hydrogens is 180 g/mol. The molecule has 0 radical (unpaired) electrons. The molecule has 1 rings (SSSR count). The second kappa shape index (κ2) is 3.05. The van der Waals surface area contributed by atoms with Crippen molar-refractivity contribution in [3.63, 3.8) is 0 Å². The first kappa shape index (κ1) is 8.91. The Morgan fingerprint density at radius 1 is 1.08 bits per heavy atom. The number of hydrogen-bond acceptors (Lipinski definition) is 7. The van der Waals surface area contributed by atoms with E-state index in [0.717, 1.165) is 0 Å². The molecule has 7 heteroatoms. The quantitative estimate of drug-likeness (QED) is 0.306. The van der Waals surface area contributed by atoms with E-state index < -0.39 is 27.3 Å². The lowest BCUT2D eigenvalue weighted by Crippen LogP contribution is -2.47. The van der Waals surface area contributed by atoms with Crippen molar-refractivity contribution in [1.82, 2.24) is 0 Å². The smallest absolute Gasteiger partial charge is 0.244 e. The number of phenolic OH excluding ortho intramolecular Hbond substituents is 1. The normalized spacial score (nSPS) is 13.5. The summed E-state index contributed by atoms with van der Waals surface area (Å²) < 4.78 is 0. The van der Waals surface area contributed by atoms with Crippen molar-refractivity contribution >= 4 is 0 Å². The van der Waals surface area contributed by atoms with Crippen LogP contribution in [-0.2, 0) is 0 Å². The second-order valence-corrected chi connectivity index (χ2v) is 2.12. The molecule has 1 aromatic carbocycles. The molecule has 0 spiro atoms. The summed E-state index contributed by atoms with van der Waals surface area (Å²) in [5.74, 6) is -0.759. The maximum absolute atomic E-state index is 11.0. The van der Waals surface area contributed by atoms with Gasteiger partial charge >= 0.3 is 0 Å². The van der Waals surface area contributed by atoms with E-state index in [9.17, 15) is 9.59 Å². The Balaban J connectivity index is 4.06. The predicted octanol–water partition coefficient (Wildman–Crippen LogP) is -2.43. The van der Waals surface area contributed by atoms with Gasteiger partial charge in [0.15, 0.2) is 16.5 Å². The van der Waals surface area contributed by atoms with Gasteiger partial charge in [0.2, 0.25) is 10.9 Å². The monoisotopic (exact) mass is 184 g/mol. The lowest BCUT2D eigenvalue weighted by atomic mass is 10.3. The first-order chi connectivity index (χ1) is 6.11. The maximum Gasteiger partial charge on any atom is 0.244 e. The van der Waals surface area contributed by atoms with Gasteiger partial charge in [-0.1, -0.05) is 10.3 Å². The van der Waals surface area contributed by atoms with Crippen molar-refractivity contribution in [1.29, 1.82) is 0 Å². The predicted molar refractivity (Wildman–Crippen MR) is 37.7 cm³/mol. The maximum atomic E-state index is 11.0. The fourth-order valence-electron chi connectivity index (χ4n) is 0.793. The number of nitrogens with zero attached hydrogens (tertiary/aromatic N) is 2. The second-order valence-electron chi connectivity index (χ2n) is 2.12. The molecule has 0 aromatic heterocycles. The Kier molecular flexibility index (Phi) is 2.09. The Bertz CT molecular complexity index is 538. The summed E-state index contributed by atoms with van der Waals surface area (Å²) in [6, 6.07) is 0.617. The van der Waals surface area contributed by atoms with Crippen molar-refractivity contribution < 1.29 is 15.5 Å². The number of benzene rings is 1. The molecule has 0 saturated carbocycles. The van der Waals surface area contributed by atoms with Crippen molar-refractivity contribution in [2.24, 2.45) is 10.3 Å². The van der Waals surface area contributed by atoms with Gasteiger partial charge in [0.05, 0.1) is 0 Å². The Morgan fingerprint density at radius 2 is 1.62 bits per heavy atom. The van der Waals surface area contributed by atoms with Crippen LogP contribution in [-0.4, -0.2) is 15.5 Å². The molecule has 0 unspecified atom stereocenters. The minimum absolute atomic E-state index is 0.617. The third-order valence-corrected chi connectivity index (χ3v) is 1.37. The van der Waals surface area contributed by atoms with Crippen LogP contribution >= 0.6 is 0 Å². The van der Waals surface area contributed by atoms with Crippen molar-refractivity contribution in [2.75, 3.05) is 0 Å². The summed E-state index contributed by atoms with van der Waals surface area (Å²) in [7, 11) is 0. The SMILES string of the molecule is O=c1cc(O)/c(=N\O)c(=O)/c1=N/O. The van der Waals surface area contributed by atoms with Crippen LogP contribution in [0.3, 0.4) is 0 Å². The molecule has 0 aliphatic heterocycles. The highest BCUT2D eigenvalue weighted by Gasteiger charge is 2.06. The van der Waals surface area contributed by atoms with Crippen LogP contribution in [0.4, 0.5) is 0 Å². The molecule has 13 heavy (non-hydrogen) atoms. The first-order valence-corrected chi connectivity index (χ1v) is 3.06. The molecule has 0 bridgehead atoms. The molecule has 0 aliphatic carbocycles. The summed E-state index contributed by atoms with van der Waals surface area (Å²) in [6.45, 7) is 0. The van der Waals surface area contributed by atoms with E-state index in [-0.39, 0.29) is 0 Å². The Labute approximate surface area is 69.8 Å². The van der Waals surface area contributed by atoms with Crippen LogP contribution in [0, 0.1) is 0 Å². The zero-order valence-electron chi connectivity index (χ0n) is 6.13. The van der Waals surface area contributed by atoms with Crippen LogP contribution in [0.5, 0.6) is 5.75 Å². The number of hydrogen-bond donors (Lipinski definition) is 3. The number of phenols is 1. The average Bonchev–Trinajstić information content (AvgIpc) is 2.04. The van der Waals surface area contributed by atoms with Crippen LogP contribution < -0.4 is 21.6 Å². The standard InChI is InChI=1S/C6H4N2O5/c9-2-1-3(10)5(8-13)6(11)4(2)7-12/h1,9,12-13H/b7-4+,8-5+. The van der Waals surface area contributed by atoms with Gasteiger partial charge in [0.25, 0.3) is 0 Å². The van der Waals surface area contributed by atoms with Gasteiger partial charge in [-0.3, -0.25) is 9.59 Å². The summed E-state index contributed by atoms with van der Waals surface area (Å²) >= 11 is 0. The molecule has 0 saturated heterocycles. The van der Waals surface area contributed by atoms with E-state index in [0.29, 0.717) is 6.07 Å². The van der Waals surface area contributed by atoms with Gasteiger partial charge in [-0.05, 0) is 0 Å². The van der Waals surface area contributed by atoms with E-state index in [1.807, 2.05) is 0 Å². The summed E-state index contributed by atoms with van der Waals surface area (Å²) in [6.07, 6.45) is 0. The lowest BCUT2D eigenvalue weighted by molar-refractivity contribution is 0.292. The highest BCUT2D eigenvalue weighted by atomic mass is 16.4. The summed E-state index contributed by atoms with van der Waals surface area (Å²) in [5, 5.41) is 28.7. The first-order valence-electron chi connectivity index (χ1n) is 3.06. The summed E-state index contributed by atoms with van der Waals surface area (Å²) in [4.78, 5) is 21.8. The van der Waals surface area contributed by atoms with Gasteiger partial charge in [-0.15, -0.1) is 0 Å². The fraction of sp³-hybridized carbons (Fsp3) is 0. The largest absolute Gasteiger partial charge is 0.505 e. The van der Waals surface area contributed by atoms with E-state index in [1.54, 1.807) is 0 Å². The topological polar surface area (TPSA) is 120 Å². The van der Waals surface area contributed by atoms with E-state index >= 15 is 0 Å². The van der Waals surface area contributed by atoms with Gasteiger partial charge in [-0.25, -0.2) is 0 Å². The minimum Gasteiger partial charge on any atom is -0.505 e. The van der Waals surface area contributed by atoms with Crippen molar-refractivity contribution in [3.05, 3.63) is 37.2 Å². The molecular formula is C6H4N2O5. The highest BCUT2D eigenvalue weighted by molar-refractivity contribution is 5.18. The molecule has 0 heterocycles. The molecule has 1 aromatic rings. The van der Waals surface area contributed by atoms with Gasteiger partial charge in [0.1, 0.15) is 0 Å². The van der Waals surface area contributed by atoms with Crippen LogP contribution in [0.1, 0.15) is 0 Å². The van der Waals surface area contributed by atoms with E-state index in [2.05, 4.69) is 10.3 Å². The van der Waals surface area contributed by atoms with Gasteiger partial charge in [-0.2, -0.15) is 0 Å². The van der Waals surface area contributed by atoms with Crippen LogP contribution in [0.2, 0.25) is 0 Å². The van der Waals surface area contributed by atoms with E-state index in [1.165, 1.54) is 0 Å². The highest BCUT2D eigenvalue weighted by Crippen LogP contribution is 1.86. The Hall–Kier alpha value is -2.18. The molecule has 68 valence electrons. The lowest BCUT2D eigenvalue weighted by Gasteiger charge is -1.87. The third kappa shape index (κ3) is 1.26. The molecule has 0 atom stereocenters. The Morgan fingerprint density at radius 3 is 2.08 bits per heavy atom.